The first-order valence-electron chi connectivity index (χ1n) is 3.20. The normalized spacial score (nSPS) is 21.5. The molecule has 0 aromatic heterocycles. The lowest BCUT2D eigenvalue weighted by Gasteiger charge is -2.06. The van der Waals surface area contributed by atoms with Gasteiger partial charge in [0.25, 0.3) is 0 Å². The number of rotatable bonds is 2. The van der Waals surface area contributed by atoms with Gasteiger partial charge < -0.3 is 9.47 Å². The Balaban J connectivity index is 2.24. The second-order valence-electron chi connectivity index (χ2n) is 2.14. The van der Waals surface area contributed by atoms with Gasteiger partial charge in [0.15, 0.2) is 6.10 Å². The van der Waals surface area contributed by atoms with Crippen LogP contribution in [-0.4, -0.2) is 24.6 Å². The highest BCUT2D eigenvalue weighted by Crippen LogP contribution is 2.04. The zero-order valence-electron chi connectivity index (χ0n) is 6.07. The summed E-state index contributed by atoms with van der Waals surface area (Å²) < 4.78 is 9.29. The van der Waals surface area contributed by atoms with Crippen LogP contribution < -0.4 is 0 Å². The van der Waals surface area contributed by atoms with Crippen LogP contribution in [0, 0.1) is 0 Å². The smallest absolute Gasteiger partial charge is 0.331 e. The first-order valence-corrected chi connectivity index (χ1v) is 3.20. The molecule has 0 unspecified atom stereocenters. The Kier molecular flexibility index (Phi) is 2.25. The molecule has 0 amide bonds. The third-order valence-corrected chi connectivity index (χ3v) is 1.17. The van der Waals surface area contributed by atoms with Gasteiger partial charge in [-0.25, -0.2) is 4.79 Å². The molecule has 60 valence electrons. The van der Waals surface area contributed by atoms with E-state index in [2.05, 4.69) is 9.47 Å². The van der Waals surface area contributed by atoms with Crippen LogP contribution in [0.25, 0.3) is 0 Å². The fraction of sp³-hybridized carbons (Fsp3) is 0.429. The molecule has 0 fully saturated rings. The third kappa shape index (κ3) is 2.41. The van der Waals surface area contributed by atoms with Crippen molar-refractivity contribution in [3.8, 4) is 0 Å². The molecule has 0 saturated carbocycles. The lowest BCUT2D eigenvalue weighted by atomic mass is 10.4. The molecule has 1 heterocycles. The van der Waals surface area contributed by atoms with Crippen molar-refractivity contribution in [1.82, 2.24) is 0 Å². The monoisotopic (exact) mass is 156 g/mol. The van der Waals surface area contributed by atoms with Crippen LogP contribution in [0.2, 0.25) is 0 Å². The highest BCUT2D eigenvalue weighted by atomic mass is 16.6. The van der Waals surface area contributed by atoms with Gasteiger partial charge in [0, 0.05) is 13.0 Å². The van der Waals surface area contributed by atoms with Crippen LogP contribution in [0.3, 0.4) is 0 Å². The average Bonchev–Trinajstić information content (AvgIpc) is 2.31. The molecule has 1 aliphatic heterocycles. The van der Waals surface area contributed by atoms with Crippen molar-refractivity contribution in [2.45, 2.75) is 13.0 Å². The van der Waals surface area contributed by atoms with Crippen molar-refractivity contribution < 1.29 is 19.1 Å². The molecule has 1 rings (SSSR count). The van der Waals surface area contributed by atoms with E-state index in [0.717, 1.165) is 0 Å². The van der Waals surface area contributed by atoms with Gasteiger partial charge in [-0.3, -0.25) is 4.79 Å². The summed E-state index contributed by atoms with van der Waals surface area (Å²) in [5.41, 5.74) is 0. The lowest BCUT2D eigenvalue weighted by Crippen LogP contribution is -2.17. The molecular weight excluding hydrogens is 148 g/mol. The molecule has 0 aromatic carbocycles. The second-order valence-corrected chi connectivity index (χ2v) is 2.14. The van der Waals surface area contributed by atoms with E-state index < -0.39 is 6.10 Å². The summed E-state index contributed by atoms with van der Waals surface area (Å²) in [7, 11) is 0. The highest BCUT2D eigenvalue weighted by Gasteiger charge is 2.16. The molecule has 0 radical (unpaired) electrons. The minimum atomic E-state index is -0.397. The van der Waals surface area contributed by atoms with Crippen LogP contribution in [0.1, 0.15) is 6.92 Å². The number of hydrogen-bond donors (Lipinski definition) is 0. The predicted octanol–water partition coefficient (Wildman–Crippen LogP) is 0.0311. The molecule has 11 heavy (non-hydrogen) atoms. The molecule has 1 atom stereocenters. The van der Waals surface area contributed by atoms with Gasteiger partial charge in [0.2, 0.25) is 0 Å². The predicted molar refractivity (Wildman–Crippen MR) is 35.7 cm³/mol. The van der Waals surface area contributed by atoms with Crippen molar-refractivity contribution in [3.05, 3.63) is 12.2 Å². The van der Waals surface area contributed by atoms with Crippen molar-refractivity contribution in [2.24, 2.45) is 0 Å². The van der Waals surface area contributed by atoms with Crippen LogP contribution in [0.4, 0.5) is 0 Å². The number of esters is 2. The van der Waals surface area contributed by atoms with Gasteiger partial charge in [-0.15, -0.1) is 0 Å². The molecular formula is C7H8O4. The van der Waals surface area contributed by atoms with Gasteiger partial charge in [-0.05, 0) is 6.08 Å². The zero-order chi connectivity index (χ0) is 8.27. The van der Waals surface area contributed by atoms with E-state index in [1.54, 1.807) is 6.08 Å². The van der Waals surface area contributed by atoms with Gasteiger partial charge in [0.1, 0.15) is 6.61 Å². The van der Waals surface area contributed by atoms with Crippen molar-refractivity contribution in [2.75, 3.05) is 6.61 Å². The van der Waals surface area contributed by atoms with Crippen molar-refractivity contribution >= 4 is 11.9 Å². The number of carbonyl (C=O) groups excluding carboxylic acids is 2. The SMILES string of the molecule is CC(=O)OC[C@H]1C=CC(=O)O1. The fourth-order valence-electron chi connectivity index (χ4n) is 0.703. The van der Waals surface area contributed by atoms with E-state index in [4.69, 9.17) is 0 Å². The maximum Gasteiger partial charge on any atom is 0.331 e. The summed E-state index contributed by atoms with van der Waals surface area (Å²) in [6.07, 6.45) is 2.48. The Morgan fingerprint density at radius 3 is 3.00 bits per heavy atom. The Labute approximate surface area is 63.8 Å². The second kappa shape index (κ2) is 3.18. The fourth-order valence-corrected chi connectivity index (χ4v) is 0.703. The van der Waals surface area contributed by atoms with E-state index in [1.165, 1.54) is 13.0 Å². The number of hydrogen-bond acceptors (Lipinski definition) is 4. The van der Waals surface area contributed by atoms with Crippen molar-refractivity contribution in [3.63, 3.8) is 0 Å². The molecule has 0 N–H and O–H groups in total. The summed E-state index contributed by atoms with van der Waals surface area (Å²) in [4.78, 5) is 20.7. The highest BCUT2D eigenvalue weighted by molar-refractivity contribution is 5.84. The van der Waals surface area contributed by atoms with E-state index in [0.29, 0.717) is 0 Å². The molecule has 0 aromatic rings. The first-order chi connectivity index (χ1) is 5.18. The minimum absolute atomic E-state index is 0.109. The maximum absolute atomic E-state index is 10.4. The Hall–Kier alpha value is -1.32. The van der Waals surface area contributed by atoms with Crippen LogP contribution in [0.5, 0.6) is 0 Å². The molecule has 0 spiro atoms. The maximum atomic E-state index is 10.4. The summed E-state index contributed by atoms with van der Waals surface area (Å²) >= 11 is 0. The molecule has 4 nitrogen and oxygen atoms in total. The zero-order valence-corrected chi connectivity index (χ0v) is 6.07. The average molecular weight is 156 g/mol. The van der Waals surface area contributed by atoms with Gasteiger partial charge in [-0.1, -0.05) is 0 Å². The third-order valence-electron chi connectivity index (χ3n) is 1.17. The number of cyclic esters (lactones) is 1. The number of carbonyl (C=O) groups is 2. The van der Waals surface area contributed by atoms with Gasteiger partial charge in [-0.2, -0.15) is 0 Å². The van der Waals surface area contributed by atoms with Crippen molar-refractivity contribution in [1.29, 1.82) is 0 Å². The molecule has 1 aliphatic rings. The summed E-state index contributed by atoms with van der Waals surface area (Å²) in [6, 6.07) is 0. The molecule has 0 saturated heterocycles. The Morgan fingerprint density at radius 1 is 1.82 bits per heavy atom. The summed E-state index contributed by atoms with van der Waals surface area (Å²) in [6.45, 7) is 1.41. The minimum Gasteiger partial charge on any atom is -0.462 e. The standard InChI is InChI=1S/C7H8O4/c1-5(8)10-4-6-2-3-7(9)11-6/h2-3,6H,4H2,1H3/t6-/m1/s1. The Bertz CT molecular complexity index is 206. The van der Waals surface area contributed by atoms with Gasteiger partial charge in [0.05, 0.1) is 0 Å². The lowest BCUT2D eigenvalue weighted by molar-refractivity contribution is -0.149. The summed E-state index contributed by atoms with van der Waals surface area (Å²) in [5.74, 6) is -0.761. The quantitative estimate of drug-likeness (QED) is 0.529. The first kappa shape index (κ1) is 7.78. The van der Waals surface area contributed by atoms with E-state index >= 15 is 0 Å². The molecule has 0 bridgehead atoms. The summed E-state index contributed by atoms with van der Waals surface area (Å²) in [5, 5.41) is 0. The Morgan fingerprint density at radius 2 is 2.55 bits per heavy atom. The van der Waals surface area contributed by atoms with Crippen LogP contribution >= 0.6 is 0 Å². The van der Waals surface area contributed by atoms with E-state index in [1.807, 2.05) is 0 Å². The largest absolute Gasteiger partial charge is 0.462 e. The number of ether oxygens (including phenoxy) is 2. The molecule has 4 heteroatoms. The van der Waals surface area contributed by atoms with E-state index in [9.17, 15) is 9.59 Å². The van der Waals surface area contributed by atoms with Gasteiger partial charge >= 0.3 is 11.9 Å². The van der Waals surface area contributed by atoms with Crippen LogP contribution in [-0.2, 0) is 19.1 Å². The molecule has 0 aliphatic carbocycles. The van der Waals surface area contributed by atoms with Crippen LogP contribution in [0.15, 0.2) is 12.2 Å². The topological polar surface area (TPSA) is 52.6 Å². The van der Waals surface area contributed by atoms with E-state index in [-0.39, 0.29) is 18.5 Å².